The molecule has 0 aliphatic rings. The number of pyridine rings is 2. The normalized spacial score (nSPS) is 12.0. The van der Waals surface area contributed by atoms with Crippen LogP contribution in [0, 0.1) is 0 Å². The Balaban J connectivity index is 2.10. The molecule has 0 radical (unpaired) electrons. The molecule has 0 aliphatic carbocycles. The summed E-state index contributed by atoms with van der Waals surface area (Å²) >= 11 is 12.0. The van der Waals surface area contributed by atoms with Gasteiger partial charge in [-0.15, -0.1) is 0 Å². The Morgan fingerprint density at radius 2 is 1.73 bits per heavy atom. The lowest BCUT2D eigenvalue weighted by Crippen LogP contribution is -2.35. The second-order valence-electron chi connectivity index (χ2n) is 7.90. The van der Waals surface area contributed by atoms with E-state index < -0.39 is 29.5 Å². The van der Waals surface area contributed by atoms with Gasteiger partial charge in [-0.05, 0) is 39.0 Å². The number of anilines is 2. The van der Waals surface area contributed by atoms with Crippen molar-refractivity contribution in [1.82, 2.24) is 14.6 Å². The van der Waals surface area contributed by atoms with Crippen LogP contribution in [0.1, 0.15) is 36.8 Å². The van der Waals surface area contributed by atoms with E-state index in [9.17, 15) is 22.8 Å². The molecule has 2 amide bonds. The van der Waals surface area contributed by atoms with Crippen molar-refractivity contribution in [1.29, 1.82) is 0 Å². The predicted octanol–water partition coefficient (Wildman–Crippen LogP) is 5.68. The first-order valence-electron chi connectivity index (χ1n) is 9.36. The maximum absolute atomic E-state index is 13.4. The van der Waals surface area contributed by atoms with Crippen LogP contribution in [0.25, 0.3) is 5.52 Å². The summed E-state index contributed by atoms with van der Waals surface area (Å²) in [6.07, 6.45) is -3.12. The minimum absolute atomic E-state index is 0.0395. The van der Waals surface area contributed by atoms with Crippen molar-refractivity contribution in [3.63, 3.8) is 0 Å². The molecule has 13 heteroatoms. The number of alkyl halides is 3. The number of fused-ring (bicyclic) bond motifs is 1. The second kappa shape index (κ2) is 8.71. The molecule has 0 saturated heterocycles. The fourth-order valence-corrected chi connectivity index (χ4v) is 3.24. The highest BCUT2D eigenvalue weighted by Gasteiger charge is 2.35. The monoisotopic (exact) mass is 503 g/mol. The maximum atomic E-state index is 13.4. The maximum Gasteiger partial charge on any atom is 0.435 e. The number of hydrogen-bond acceptors (Lipinski definition) is 5. The van der Waals surface area contributed by atoms with Crippen molar-refractivity contribution >= 4 is 52.2 Å². The number of hydrogen-bond donors (Lipinski definition) is 1. The van der Waals surface area contributed by atoms with Crippen molar-refractivity contribution in [2.24, 2.45) is 0 Å². The number of nitrogens with zero attached hydrogens (tertiary/aromatic N) is 4. The highest BCUT2D eigenvalue weighted by molar-refractivity contribution is 6.39. The Morgan fingerprint density at radius 1 is 1.12 bits per heavy atom. The van der Waals surface area contributed by atoms with Gasteiger partial charge in [0.1, 0.15) is 11.4 Å². The molecule has 33 heavy (non-hydrogen) atoms. The summed E-state index contributed by atoms with van der Waals surface area (Å²) in [4.78, 5) is 30.1. The van der Waals surface area contributed by atoms with Crippen LogP contribution in [-0.2, 0) is 10.9 Å². The van der Waals surface area contributed by atoms with Crippen LogP contribution in [0.3, 0.4) is 0 Å². The molecule has 0 saturated carbocycles. The molecule has 1 N–H and O–H groups in total. The highest BCUT2D eigenvalue weighted by Crippen LogP contribution is 2.33. The molecular formula is C20H18Cl2F3N5O3. The summed E-state index contributed by atoms with van der Waals surface area (Å²) in [5.74, 6) is -0.846. The molecular weight excluding hydrogens is 486 g/mol. The number of amides is 2. The summed E-state index contributed by atoms with van der Waals surface area (Å²) in [6, 6.07) is 3.23. The predicted molar refractivity (Wildman–Crippen MR) is 117 cm³/mol. The third-order valence-electron chi connectivity index (χ3n) is 4.24. The van der Waals surface area contributed by atoms with E-state index in [1.54, 1.807) is 20.8 Å². The number of carbonyl (C=O) groups is 2. The molecule has 0 aliphatic heterocycles. The molecule has 0 spiro atoms. The Bertz CT molecular complexity index is 1220. The van der Waals surface area contributed by atoms with E-state index in [-0.39, 0.29) is 32.6 Å². The molecule has 3 aromatic rings. The van der Waals surface area contributed by atoms with Crippen LogP contribution in [0.2, 0.25) is 10.0 Å². The molecule has 8 nitrogen and oxygen atoms in total. The van der Waals surface area contributed by atoms with Gasteiger partial charge in [-0.2, -0.15) is 18.3 Å². The van der Waals surface area contributed by atoms with Crippen molar-refractivity contribution < 1.29 is 27.5 Å². The third kappa shape index (κ3) is 5.31. The number of carbonyl (C=O) groups excluding carboxylic acids is 2. The minimum atomic E-state index is -4.79. The highest BCUT2D eigenvalue weighted by atomic mass is 35.5. The lowest BCUT2D eigenvalue weighted by atomic mass is 10.2. The van der Waals surface area contributed by atoms with Crippen molar-refractivity contribution in [3.8, 4) is 0 Å². The Labute approximate surface area is 196 Å². The zero-order valence-corrected chi connectivity index (χ0v) is 19.3. The summed E-state index contributed by atoms with van der Waals surface area (Å²) < 4.78 is 46.3. The Morgan fingerprint density at radius 3 is 2.27 bits per heavy atom. The minimum Gasteiger partial charge on any atom is -0.443 e. The average molecular weight is 504 g/mol. The third-order valence-corrected chi connectivity index (χ3v) is 4.81. The standard InChI is InChI=1S/C20H18Cl2F3N5O3/c1-19(2,3)33-18(32)29(4)15-6-5-10(13-7-14(20(23,24)25)28-30(13)15)17(31)27-16-11(21)8-26-9-12(16)22/h5-9H,1-4H3,(H,26,27,31). The van der Waals surface area contributed by atoms with E-state index in [2.05, 4.69) is 15.4 Å². The van der Waals surface area contributed by atoms with Gasteiger partial charge in [0, 0.05) is 19.4 Å². The van der Waals surface area contributed by atoms with E-state index >= 15 is 0 Å². The van der Waals surface area contributed by atoms with E-state index in [1.807, 2.05) is 0 Å². The molecule has 0 aromatic carbocycles. The molecule has 0 unspecified atom stereocenters. The van der Waals surface area contributed by atoms with Crippen LogP contribution in [0.5, 0.6) is 0 Å². The van der Waals surface area contributed by atoms with Crippen molar-refractivity contribution in [2.45, 2.75) is 32.5 Å². The summed E-state index contributed by atoms with van der Waals surface area (Å²) in [6.45, 7) is 4.94. The zero-order valence-electron chi connectivity index (χ0n) is 17.8. The molecule has 0 fully saturated rings. The van der Waals surface area contributed by atoms with Gasteiger partial charge in [0.15, 0.2) is 5.69 Å². The van der Waals surface area contributed by atoms with E-state index in [4.69, 9.17) is 27.9 Å². The lowest BCUT2D eigenvalue weighted by Gasteiger charge is -2.25. The van der Waals surface area contributed by atoms with Crippen LogP contribution in [0.4, 0.5) is 29.5 Å². The van der Waals surface area contributed by atoms with Crippen LogP contribution in [-0.4, -0.2) is 39.2 Å². The first-order valence-corrected chi connectivity index (χ1v) is 10.1. The Hall–Kier alpha value is -3.05. The van der Waals surface area contributed by atoms with Crippen LogP contribution in [0.15, 0.2) is 30.6 Å². The van der Waals surface area contributed by atoms with Crippen LogP contribution < -0.4 is 10.2 Å². The van der Waals surface area contributed by atoms with Gasteiger partial charge < -0.3 is 10.1 Å². The summed E-state index contributed by atoms with van der Waals surface area (Å²) in [5, 5.41) is 6.12. The Kier molecular flexibility index (Phi) is 6.49. The molecule has 176 valence electrons. The van der Waals surface area contributed by atoms with Gasteiger partial charge in [0.25, 0.3) is 5.91 Å². The number of aromatic nitrogens is 3. The fourth-order valence-electron chi connectivity index (χ4n) is 2.78. The van der Waals surface area contributed by atoms with Gasteiger partial charge in [0.2, 0.25) is 0 Å². The number of nitrogens with one attached hydrogen (secondary N) is 1. The zero-order chi connectivity index (χ0) is 24.7. The molecule has 3 rings (SSSR count). The largest absolute Gasteiger partial charge is 0.443 e. The van der Waals surface area contributed by atoms with Crippen molar-refractivity contribution in [3.05, 3.63) is 51.9 Å². The second-order valence-corrected chi connectivity index (χ2v) is 8.72. The lowest BCUT2D eigenvalue weighted by molar-refractivity contribution is -0.141. The summed E-state index contributed by atoms with van der Waals surface area (Å²) in [7, 11) is 1.31. The van der Waals surface area contributed by atoms with E-state index in [1.165, 1.54) is 31.6 Å². The van der Waals surface area contributed by atoms with Gasteiger partial charge in [-0.1, -0.05) is 23.2 Å². The van der Waals surface area contributed by atoms with Gasteiger partial charge >= 0.3 is 12.3 Å². The average Bonchev–Trinajstić information content (AvgIpc) is 3.14. The van der Waals surface area contributed by atoms with Crippen molar-refractivity contribution in [2.75, 3.05) is 17.3 Å². The topological polar surface area (TPSA) is 88.8 Å². The first-order chi connectivity index (χ1) is 15.2. The van der Waals surface area contributed by atoms with E-state index in [0.717, 1.165) is 9.42 Å². The van der Waals surface area contributed by atoms with Gasteiger partial charge in [0.05, 0.1) is 26.8 Å². The number of ether oxygens (including phenoxy) is 1. The smallest absolute Gasteiger partial charge is 0.435 e. The van der Waals surface area contributed by atoms with Gasteiger partial charge in [-0.25, -0.2) is 9.31 Å². The molecule has 3 aromatic heterocycles. The molecule has 3 heterocycles. The quantitative estimate of drug-likeness (QED) is 0.496. The van der Waals surface area contributed by atoms with Crippen LogP contribution >= 0.6 is 23.2 Å². The molecule has 0 atom stereocenters. The first kappa shape index (κ1) is 24.6. The molecule has 0 bridgehead atoms. The van der Waals surface area contributed by atoms with E-state index in [0.29, 0.717) is 6.07 Å². The summed E-state index contributed by atoms with van der Waals surface area (Å²) in [5.41, 5.74) is -2.41. The SMILES string of the molecule is CN(C(=O)OC(C)(C)C)c1ccc(C(=O)Nc2c(Cl)cncc2Cl)c2cc(C(F)(F)F)nn12. The number of halogens is 5. The fraction of sp³-hybridized carbons (Fsp3) is 0.300. The van der Waals surface area contributed by atoms with Gasteiger partial charge in [-0.3, -0.25) is 14.7 Å². The number of rotatable bonds is 3.